The summed E-state index contributed by atoms with van der Waals surface area (Å²) in [4.78, 5) is 26.2. The van der Waals surface area contributed by atoms with Crippen molar-refractivity contribution >= 4 is 39.4 Å². The Morgan fingerprint density at radius 3 is 1.91 bits per heavy atom. The molecule has 0 atom stereocenters. The van der Waals surface area contributed by atoms with E-state index in [1.54, 1.807) is 0 Å². The Bertz CT molecular complexity index is 619. The van der Waals surface area contributed by atoms with E-state index in [4.69, 9.17) is 5.73 Å². The van der Waals surface area contributed by atoms with Gasteiger partial charge in [-0.15, -0.1) is 0 Å². The normalized spacial score (nSPS) is 11.8. The molecular formula is C11H9F5N2O2S2. The molecule has 22 heavy (non-hydrogen) atoms. The number of nitrogen functional groups attached to an aromatic ring is 1. The second-order valence-electron chi connectivity index (χ2n) is 3.79. The average Bonchev–Trinajstić information content (AvgIpc) is 2.43. The van der Waals surface area contributed by atoms with E-state index in [0.29, 0.717) is 23.5 Å². The second-order valence-corrected chi connectivity index (χ2v) is 5.35. The van der Waals surface area contributed by atoms with E-state index in [0.717, 1.165) is 0 Å². The number of aromatic nitrogens is 1. The molecule has 0 saturated carbocycles. The van der Waals surface area contributed by atoms with Gasteiger partial charge in [-0.3, -0.25) is 9.59 Å². The van der Waals surface area contributed by atoms with Crippen molar-refractivity contribution < 1.29 is 31.5 Å². The molecule has 0 aliphatic carbocycles. The number of hydrogen-bond acceptors (Lipinski definition) is 6. The molecule has 0 bridgehead atoms. The summed E-state index contributed by atoms with van der Waals surface area (Å²) in [5, 5.41) is -2.11. The number of nitrogens with two attached hydrogens (primary N) is 1. The summed E-state index contributed by atoms with van der Waals surface area (Å²) in [7, 11) is 0. The molecule has 2 N–H and O–H groups in total. The maximum Gasteiger partial charge on any atom is 0.434 e. The van der Waals surface area contributed by atoms with Crippen LogP contribution >= 0.6 is 23.5 Å². The molecule has 1 heterocycles. The van der Waals surface area contributed by atoms with Gasteiger partial charge in [-0.2, -0.15) is 13.2 Å². The number of hydrogen-bond donors (Lipinski definition) is 1. The first-order valence-electron chi connectivity index (χ1n) is 5.41. The van der Waals surface area contributed by atoms with Crippen molar-refractivity contribution in [2.45, 2.75) is 12.6 Å². The van der Waals surface area contributed by atoms with Crippen LogP contribution in [0.15, 0.2) is 0 Å². The molecule has 11 heteroatoms. The summed E-state index contributed by atoms with van der Waals surface area (Å²) >= 11 is 0.874. The second kappa shape index (κ2) is 6.82. The standard InChI is InChI=1S/C11H9F5N2O2S2/c1-21-9(19)3-5(17)4(10(20)22-2)7(11(14,15)16)18-6(3)8(12)13/h8H,1-2H3,(H2,17,18). The van der Waals surface area contributed by atoms with E-state index < -0.39 is 51.0 Å². The Labute approximate surface area is 130 Å². The molecule has 0 spiro atoms. The molecular weight excluding hydrogens is 351 g/mol. The molecule has 0 aliphatic heterocycles. The number of carbonyl (C=O) groups is 2. The van der Waals surface area contributed by atoms with Gasteiger partial charge in [-0.25, -0.2) is 13.8 Å². The van der Waals surface area contributed by atoms with E-state index in [1.807, 2.05) is 0 Å². The molecule has 1 rings (SSSR count). The molecule has 0 aliphatic rings. The molecule has 0 fully saturated rings. The molecule has 4 nitrogen and oxygen atoms in total. The summed E-state index contributed by atoms with van der Waals surface area (Å²) in [6.45, 7) is 0. The lowest BCUT2D eigenvalue weighted by Gasteiger charge is -2.18. The van der Waals surface area contributed by atoms with Crippen LogP contribution < -0.4 is 5.73 Å². The van der Waals surface area contributed by atoms with Crippen molar-refractivity contribution in [1.29, 1.82) is 0 Å². The molecule has 1 aromatic rings. The first-order valence-corrected chi connectivity index (χ1v) is 7.86. The zero-order valence-corrected chi connectivity index (χ0v) is 12.8. The largest absolute Gasteiger partial charge is 0.434 e. The van der Waals surface area contributed by atoms with Crippen molar-refractivity contribution in [3.63, 3.8) is 0 Å². The van der Waals surface area contributed by atoms with Gasteiger partial charge >= 0.3 is 6.18 Å². The lowest BCUT2D eigenvalue weighted by atomic mass is 10.0. The van der Waals surface area contributed by atoms with Gasteiger partial charge in [0.05, 0.1) is 16.8 Å². The van der Waals surface area contributed by atoms with Crippen LogP contribution in [0.4, 0.5) is 27.6 Å². The molecule has 0 amide bonds. The fourth-order valence-electron chi connectivity index (χ4n) is 1.61. The minimum Gasteiger partial charge on any atom is -0.397 e. The zero-order chi connectivity index (χ0) is 17.2. The lowest BCUT2D eigenvalue weighted by molar-refractivity contribution is -0.141. The van der Waals surface area contributed by atoms with E-state index in [-0.39, 0.29) is 0 Å². The Balaban J connectivity index is 3.89. The predicted molar refractivity (Wildman–Crippen MR) is 74.3 cm³/mol. The Morgan fingerprint density at radius 2 is 1.55 bits per heavy atom. The molecule has 0 aromatic carbocycles. The van der Waals surface area contributed by atoms with Crippen LogP contribution in [0.1, 0.15) is 38.5 Å². The van der Waals surface area contributed by atoms with Gasteiger partial charge in [0.2, 0.25) is 10.2 Å². The minimum absolute atomic E-state index is 0.400. The third-order valence-electron chi connectivity index (χ3n) is 2.52. The zero-order valence-electron chi connectivity index (χ0n) is 11.1. The van der Waals surface area contributed by atoms with E-state index in [1.165, 1.54) is 12.5 Å². The van der Waals surface area contributed by atoms with Crippen molar-refractivity contribution in [1.82, 2.24) is 4.98 Å². The number of rotatable bonds is 3. The molecule has 122 valence electrons. The molecule has 1 aromatic heterocycles. The van der Waals surface area contributed by atoms with Crippen LogP contribution in [0.2, 0.25) is 0 Å². The van der Waals surface area contributed by atoms with E-state index >= 15 is 0 Å². The third-order valence-corrected chi connectivity index (χ3v) is 3.67. The van der Waals surface area contributed by atoms with Gasteiger partial charge in [0, 0.05) is 0 Å². The number of carbonyl (C=O) groups excluding carboxylic acids is 2. The van der Waals surface area contributed by atoms with Crippen LogP contribution in [0, 0.1) is 0 Å². The highest BCUT2D eigenvalue weighted by molar-refractivity contribution is 8.13. The number of pyridine rings is 1. The van der Waals surface area contributed by atoms with Crippen molar-refractivity contribution in [3.05, 3.63) is 22.5 Å². The van der Waals surface area contributed by atoms with Crippen LogP contribution in [0.25, 0.3) is 0 Å². The fourth-order valence-corrected chi connectivity index (χ4v) is 2.44. The van der Waals surface area contributed by atoms with Crippen LogP contribution in [-0.4, -0.2) is 27.7 Å². The minimum atomic E-state index is -5.17. The molecule has 0 radical (unpaired) electrons. The van der Waals surface area contributed by atoms with Crippen LogP contribution in [0.5, 0.6) is 0 Å². The maximum absolute atomic E-state index is 13.0. The smallest absolute Gasteiger partial charge is 0.397 e. The van der Waals surface area contributed by atoms with Crippen molar-refractivity contribution in [2.24, 2.45) is 0 Å². The summed E-state index contributed by atoms with van der Waals surface area (Å²) in [5.41, 5.74) is -0.662. The molecule has 0 unspecified atom stereocenters. The van der Waals surface area contributed by atoms with Crippen LogP contribution in [-0.2, 0) is 6.18 Å². The highest BCUT2D eigenvalue weighted by Gasteiger charge is 2.41. The highest BCUT2D eigenvalue weighted by atomic mass is 32.2. The number of nitrogens with zero attached hydrogens (tertiary/aromatic N) is 1. The van der Waals surface area contributed by atoms with Crippen molar-refractivity contribution in [2.75, 3.05) is 18.2 Å². The van der Waals surface area contributed by atoms with Gasteiger partial charge in [-0.05, 0) is 12.5 Å². The van der Waals surface area contributed by atoms with Gasteiger partial charge in [0.25, 0.3) is 6.43 Å². The van der Waals surface area contributed by atoms with Crippen LogP contribution in [0.3, 0.4) is 0 Å². The van der Waals surface area contributed by atoms with Gasteiger partial charge < -0.3 is 5.73 Å². The fraction of sp³-hybridized carbons (Fsp3) is 0.364. The maximum atomic E-state index is 13.0. The first-order chi connectivity index (χ1) is 10.1. The SMILES string of the molecule is CSC(=O)c1c(C(F)F)nc(C(F)(F)F)c(C(=O)SC)c1N. The lowest BCUT2D eigenvalue weighted by Crippen LogP contribution is -2.21. The summed E-state index contributed by atoms with van der Waals surface area (Å²) in [6, 6.07) is 0. The highest BCUT2D eigenvalue weighted by Crippen LogP contribution is 2.39. The number of anilines is 1. The number of thioether (sulfide) groups is 2. The topological polar surface area (TPSA) is 73.0 Å². The summed E-state index contributed by atoms with van der Waals surface area (Å²) in [5.74, 6) is 0. The Hall–Kier alpha value is -1.36. The monoisotopic (exact) mass is 360 g/mol. The quantitative estimate of drug-likeness (QED) is 0.830. The van der Waals surface area contributed by atoms with E-state index in [2.05, 4.69) is 4.98 Å². The Morgan fingerprint density at radius 1 is 1.09 bits per heavy atom. The first kappa shape index (κ1) is 18.7. The summed E-state index contributed by atoms with van der Waals surface area (Å²) in [6.07, 6.45) is -6.18. The number of halogens is 5. The average molecular weight is 360 g/mol. The van der Waals surface area contributed by atoms with Gasteiger partial charge in [0.15, 0.2) is 5.69 Å². The number of alkyl halides is 5. The molecule has 0 saturated heterocycles. The van der Waals surface area contributed by atoms with Gasteiger partial charge in [0.1, 0.15) is 5.69 Å². The van der Waals surface area contributed by atoms with Crippen molar-refractivity contribution in [3.8, 4) is 0 Å². The van der Waals surface area contributed by atoms with E-state index in [9.17, 15) is 31.5 Å². The summed E-state index contributed by atoms with van der Waals surface area (Å²) < 4.78 is 64.8. The Kier molecular flexibility index (Phi) is 5.79. The van der Waals surface area contributed by atoms with Gasteiger partial charge in [-0.1, -0.05) is 23.5 Å². The third kappa shape index (κ3) is 3.51. The predicted octanol–water partition coefficient (Wildman–Crippen LogP) is 3.63.